The van der Waals surface area contributed by atoms with Gasteiger partial charge in [-0.05, 0) is 96.1 Å². The van der Waals surface area contributed by atoms with Gasteiger partial charge in [0.2, 0.25) is 0 Å². The maximum Gasteiger partial charge on any atom is 0.274 e. The smallest absolute Gasteiger partial charge is 0.274 e. The van der Waals surface area contributed by atoms with Crippen molar-refractivity contribution in [1.82, 2.24) is 19.8 Å². The number of aromatic nitrogens is 2. The Balaban J connectivity index is 2.87. The van der Waals surface area contributed by atoms with Crippen molar-refractivity contribution in [2.75, 3.05) is 20.1 Å². The van der Waals surface area contributed by atoms with Crippen LogP contribution in [0.2, 0.25) is 0 Å². The number of hydrogen-bond acceptors (Lipinski definition) is 3. The molecule has 0 bridgehead atoms. The Morgan fingerprint density at radius 3 is 2.38 bits per heavy atom. The van der Waals surface area contributed by atoms with Crippen molar-refractivity contribution in [2.45, 2.75) is 87.1 Å². The second-order valence-electron chi connectivity index (χ2n) is 11.1. The van der Waals surface area contributed by atoms with Crippen LogP contribution in [0.5, 0.6) is 0 Å². The molecular weight excluding hydrogens is 420 g/mol. The molecule has 1 aromatic heterocycles. The lowest BCUT2D eigenvalue weighted by Gasteiger charge is -2.31. The molecule has 0 fully saturated rings. The Morgan fingerprint density at radius 2 is 1.94 bits per heavy atom. The summed E-state index contributed by atoms with van der Waals surface area (Å²) in [4.78, 5) is 20.5. The topological polar surface area (TPSA) is 50.2 Å². The van der Waals surface area contributed by atoms with Crippen molar-refractivity contribution < 1.29 is 4.79 Å². The van der Waals surface area contributed by atoms with Crippen LogP contribution in [0.25, 0.3) is 11.3 Å². The Hall–Kier alpha value is -2.40. The minimum atomic E-state index is -0.292. The van der Waals surface area contributed by atoms with Gasteiger partial charge in [0, 0.05) is 24.8 Å². The maximum absolute atomic E-state index is 13.7. The lowest BCUT2D eigenvalue weighted by Crippen LogP contribution is -2.43. The first-order valence-electron chi connectivity index (χ1n) is 12.6. The molecule has 1 N–H and O–H groups in total. The fourth-order valence-corrected chi connectivity index (χ4v) is 4.11. The molecule has 1 amide bonds. The first-order chi connectivity index (χ1) is 15.8. The molecule has 0 unspecified atom stereocenters. The molecule has 1 aliphatic heterocycles. The average Bonchev–Trinajstić information content (AvgIpc) is 3.13. The molecule has 0 radical (unpaired) electrons. The zero-order valence-electron chi connectivity index (χ0n) is 23.2. The van der Waals surface area contributed by atoms with Crippen molar-refractivity contribution in [3.05, 3.63) is 52.7 Å². The van der Waals surface area contributed by atoms with Gasteiger partial charge in [0.25, 0.3) is 5.91 Å². The summed E-state index contributed by atoms with van der Waals surface area (Å²) in [6.07, 6.45) is 7.06. The standard InChI is InChI=1S/C29H46N4O/c1-12-24-26(28(34)32(11)29(8,9)10)31-27(22-13-15-30-16-14-22)33(24)25(21(6)7)18-23(20(4)5)17-19(2)3/h13,18-19,30H,6,12,14-17H2,1-5,7-11H3/b25-18+. The monoisotopic (exact) mass is 466 g/mol. The van der Waals surface area contributed by atoms with Crippen molar-refractivity contribution in [2.24, 2.45) is 5.92 Å². The van der Waals surface area contributed by atoms with Gasteiger partial charge in [0.1, 0.15) is 5.82 Å². The third-order valence-electron chi connectivity index (χ3n) is 6.43. The van der Waals surface area contributed by atoms with E-state index < -0.39 is 0 Å². The molecule has 188 valence electrons. The minimum Gasteiger partial charge on any atom is -0.335 e. The molecule has 34 heavy (non-hydrogen) atoms. The second kappa shape index (κ2) is 11.4. The molecule has 0 aromatic carbocycles. The fraction of sp³-hybridized carbons (Fsp3) is 0.586. The van der Waals surface area contributed by atoms with Gasteiger partial charge in [0.15, 0.2) is 5.69 Å². The lowest BCUT2D eigenvalue weighted by atomic mass is 9.97. The van der Waals surface area contributed by atoms with E-state index in [1.165, 1.54) is 16.7 Å². The maximum atomic E-state index is 13.7. The quantitative estimate of drug-likeness (QED) is 0.445. The van der Waals surface area contributed by atoms with Gasteiger partial charge in [-0.25, -0.2) is 4.98 Å². The third kappa shape index (κ3) is 6.38. The van der Waals surface area contributed by atoms with Gasteiger partial charge in [0.05, 0.1) is 5.69 Å². The van der Waals surface area contributed by atoms with Crippen LogP contribution in [0.15, 0.2) is 35.5 Å². The first kappa shape index (κ1) is 27.8. The van der Waals surface area contributed by atoms with Gasteiger partial charge in [-0.2, -0.15) is 0 Å². The number of carbonyl (C=O) groups excluding carboxylic acids is 1. The average molecular weight is 467 g/mol. The first-order valence-corrected chi connectivity index (χ1v) is 12.6. The zero-order valence-corrected chi connectivity index (χ0v) is 23.2. The van der Waals surface area contributed by atoms with Gasteiger partial charge in [-0.15, -0.1) is 0 Å². The largest absolute Gasteiger partial charge is 0.335 e. The van der Waals surface area contributed by atoms with Gasteiger partial charge >= 0.3 is 0 Å². The van der Waals surface area contributed by atoms with Crippen LogP contribution in [0.3, 0.4) is 0 Å². The predicted octanol–water partition coefficient (Wildman–Crippen LogP) is 6.49. The number of carbonyl (C=O) groups is 1. The highest BCUT2D eigenvalue weighted by Crippen LogP contribution is 2.32. The fourth-order valence-electron chi connectivity index (χ4n) is 4.11. The van der Waals surface area contributed by atoms with E-state index in [1.807, 2.05) is 14.0 Å². The summed E-state index contributed by atoms with van der Waals surface area (Å²) >= 11 is 0. The van der Waals surface area contributed by atoms with Crippen molar-refractivity contribution in [1.29, 1.82) is 0 Å². The van der Waals surface area contributed by atoms with Crippen LogP contribution < -0.4 is 5.32 Å². The summed E-state index contributed by atoms with van der Waals surface area (Å²) in [5.74, 6) is 1.38. The molecular formula is C29H46N4O. The van der Waals surface area contributed by atoms with E-state index in [2.05, 4.69) is 84.0 Å². The summed E-state index contributed by atoms with van der Waals surface area (Å²) in [6.45, 7) is 25.2. The molecule has 0 aliphatic carbocycles. The Kier molecular flexibility index (Phi) is 9.29. The Morgan fingerprint density at radius 1 is 1.29 bits per heavy atom. The Bertz CT molecular complexity index is 1010. The molecule has 0 spiro atoms. The van der Waals surface area contributed by atoms with Crippen molar-refractivity contribution in [3.63, 3.8) is 0 Å². The van der Waals surface area contributed by atoms with E-state index in [4.69, 9.17) is 4.98 Å². The zero-order chi connectivity index (χ0) is 25.8. The van der Waals surface area contributed by atoms with Gasteiger partial charge in [-0.3, -0.25) is 9.36 Å². The number of amides is 1. The van der Waals surface area contributed by atoms with E-state index >= 15 is 0 Å². The molecule has 0 saturated heterocycles. The molecule has 2 heterocycles. The SMILES string of the molecule is C=C(C)/C(=C\C(CC(C)C)=C(C)C)n1c(C2=CCNCC2)nc(C(=O)N(C)C(C)(C)C)c1CC. The molecule has 0 atom stereocenters. The minimum absolute atomic E-state index is 0.0374. The number of allylic oxidation sites excluding steroid dienone is 5. The van der Waals surface area contributed by atoms with E-state index in [0.717, 1.165) is 48.7 Å². The van der Waals surface area contributed by atoms with Crippen molar-refractivity contribution in [3.8, 4) is 0 Å². The summed E-state index contributed by atoms with van der Waals surface area (Å²) in [6, 6.07) is 0. The predicted molar refractivity (Wildman–Crippen MR) is 146 cm³/mol. The summed E-state index contributed by atoms with van der Waals surface area (Å²) in [5.41, 5.74) is 6.99. The third-order valence-corrected chi connectivity index (χ3v) is 6.43. The highest BCUT2D eigenvalue weighted by molar-refractivity contribution is 5.95. The van der Waals surface area contributed by atoms with Crippen LogP contribution in [0.4, 0.5) is 0 Å². The van der Waals surface area contributed by atoms with Crippen LogP contribution in [-0.2, 0) is 6.42 Å². The second-order valence-corrected chi connectivity index (χ2v) is 11.1. The molecule has 2 rings (SSSR count). The van der Waals surface area contributed by atoms with Crippen LogP contribution in [0, 0.1) is 5.92 Å². The lowest BCUT2D eigenvalue weighted by molar-refractivity contribution is 0.0649. The number of rotatable bonds is 8. The molecule has 1 aliphatic rings. The van der Waals surface area contributed by atoms with E-state index in [9.17, 15) is 4.79 Å². The summed E-state index contributed by atoms with van der Waals surface area (Å²) < 4.78 is 2.21. The van der Waals surface area contributed by atoms with Crippen LogP contribution >= 0.6 is 0 Å². The number of nitrogens with zero attached hydrogens (tertiary/aromatic N) is 3. The highest BCUT2D eigenvalue weighted by Gasteiger charge is 2.31. The van der Waals surface area contributed by atoms with E-state index in [-0.39, 0.29) is 11.4 Å². The highest BCUT2D eigenvalue weighted by atomic mass is 16.2. The van der Waals surface area contributed by atoms with Crippen molar-refractivity contribution >= 4 is 17.2 Å². The summed E-state index contributed by atoms with van der Waals surface area (Å²) in [7, 11) is 1.86. The molecule has 5 nitrogen and oxygen atoms in total. The number of nitrogens with one attached hydrogen (secondary N) is 1. The van der Waals surface area contributed by atoms with Gasteiger partial charge < -0.3 is 10.2 Å². The molecule has 0 saturated carbocycles. The van der Waals surface area contributed by atoms with Crippen LogP contribution in [0.1, 0.15) is 97.2 Å². The number of hydrogen-bond donors (Lipinski definition) is 1. The molecule has 1 aromatic rings. The summed E-state index contributed by atoms with van der Waals surface area (Å²) in [5, 5.41) is 3.39. The van der Waals surface area contributed by atoms with E-state index in [0.29, 0.717) is 18.0 Å². The normalized spacial score (nSPS) is 14.8. The van der Waals surface area contributed by atoms with Gasteiger partial charge in [-0.1, -0.05) is 39.0 Å². The molecule has 5 heteroatoms. The Labute approximate surface area is 207 Å². The van der Waals surface area contributed by atoms with Crippen LogP contribution in [-0.4, -0.2) is 46.0 Å². The number of imidazole rings is 1. The van der Waals surface area contributed by atoms with E-state index in [1.54, 1.807) is 4.90 Å².